The van der Waals surface area contributed by atoms with E-state index in [0.29, 0.717) is 6.04 Å². The number of carbonyl (C=O) groups excluding carboxylic acids is 1. The van der Waals surface area contributed by atoms with Gasteiger partial charge in [-0.25, -0.2) is 22.5 Å². The van der Waals surface area contributed by atoms with Gasteiger partial charge in [0.1, 0.15) is 23.5 Å². The van der Waals surface area contributed by atoms with Crippen LogP contribution < -0.4 is 16.6 Å². The molecule has 2 aliphatic rings. The number of nitrogens with zero attached hydrogens (tertiary/aromatic N) is 2. The molecule has 0 spiro atoms. The van der Waals surface area contributed by atoms with Crippen LogP contribution in [0, 0.1) is 17.5 Å². The van der Waals surface area contributed by atoms with Gasteiger partial charge in [0.25, 0.3) is 5.56 Å². The monoisotopic (exact) mass is 500 g/mol. The number of fused-ring (bicyclic) bond motifs is 3. The summed E-state index contributed by atoms with van der Waals surface area (Å²) in [6.07, 6.45) is 3.73. The highest BCUT2D eigenvalue weighted by Crippen LogP contribution is 2.49. The predicted molar refractivity (Wildman–Crippen MR) is 128 cm³/mol. The molecule has 2 aromatic carbocycles. The van der Waals surface area contributed by atoms with Crippen LogP contribution in [-0.4, -0.2) is 39.0 Å². The highest BCUT2D eigenvalue weighted by Gasteiger charge is 2.51. The highest BCUT2D eigenvalue weighted by molar-refractivity contribution is 5.82. The van der Waals surface area contributed by atoms with E-state index >= 15 is 0 Å². The summed E-state index contributed by atoms with van der Waals surface area (Å²) < 4.78 is 42.5. The molecule has 0 saturated carbocycles. The van der Waals surface area contributed by atoms with Crippen LogP contribution in [0.3, 0.4) is 0 Å². The molecule has 36 heavy (non-hydrogen) atoms. The normalized spacial score (nSPS) is 23.2. The molecule has 3 heterocycles. The highest BCUT2D eigenvalue weighted by atomic mass is 19.1. The van der Waals surface area contributed by atoms with Crippen LogP contribution in [0.1, 0.15) is 56.7 Å². The number of aromatic amines is 1. The minimum Gasteiger partial charge on any atom is -0.348 e. The number of aromatic nitrogens is 2. The van der Waals surface area contributed by atoms with Crippen LogP contribution in [0.15, 0.2) is 46.0 Å². The SMILES string of the molecule is C[C@@H](NC(=O)[C@H](CC12CCC(CC1)N2C)n1c(=O)[nH]c2ccc(F)cc2c1=O)c1ccc(F)cc1F. The lowest BCUT2D eigenvalue weighted by molar-refractivity contribution is -0.126. The summed E-state index contributed by atoms with van der Waals surface area (Å²) >= 11 is 0. The van der Waals surface area contributed by atoms with E-state index in [4.69, 9.17) is 0 Å². The fraction of sp³-hybridized carbons (Fsp3) is 0.423. The van der Waals surface area contributed by atoms with Crippen molar-refractivity contribution in [3.05, 3.63) is 80.3 Å². The predicted octanol–water partition coefficient (Wildman–Crippen LogP) is 3.54. The van der Waals surface area contributed by atoms with Gasteiger partial charge in [-0.15, -0.1) is 0 Å². The Balaban J connectivity index is 1.57. The first-order valence-corrected chi connectivity index (χ1v) is 12.0. The van der Waals surface area contributed by atoms with Gasteiger partial charge in [0, 0.05) is 23.2 Å². The van der Waals surface area contributed by atoms with Gasteiger partial charge >= 0.3 is 5.69 Å². The number of nitrogens with one attached hydrogen (secondary N) is 2. The first-order chi connectivity index (χ1) is 17.1. The summed E-state index contributed by atoms with van der Waals surface area (Å²) in [5.74, 6) is -2.85. The Morgan fingerprint density at radius 2 is 1.78 bits per heavy atom. The third kappa shape index (κ3) is 4.03. The minimum atomic E-state index is -1.22. The maximum Gasteiger partial charge on any atom is 0.329 e. The summed E-state index contributed by atoms with van der Waals surface area (Å²) in [7, 11) is 1.99. The van der Waals surface area contributed by atoms with Crippen molar-refractivity contribution >= 4 is 16.8 Å². The van der Waals surface area contributed by atoms with E-state index in [9.17, 15) is 27.6 Å². The van der Waals surface area contributed by atoms with E-state index in [0.717, 1.165) is 54.5 Å². The molecule has 10 heteroatoms. The molecule has 2 atom stereocenters. The average Bonchev–Trinajstić information content (AvgIpc) is 3.30. The van der Waals surface area contributed by atoms with Crippen molar-refractivity contribution in [2.75, 3.05) is 7.05 Å². The van der Waals surface area contributed by atoms with Crippen LogP contribution in [-0.2, 0) is 4.79 Å². The van der Waals surface area contributed by atoms with Gasteiger partial charge in [-0.3, -0.25) is 14.5 Å². The van der Waals surface area contributed by atoms with Crippen molar-refractivity contribution in [2.45, 2.75) is 62.7 Å². The maximum absolute atomic E-state index is 14.4. The van der Waals surface area contributed by atoms with Crippen LogP contribution >= 0.6 is 0 Å². The summed E-state index contributed by atoms with van der Waals surface area (Å²) in [6, 6.07) is 4.83. The Hall–Kier alpha value is -3.40. The van der Waals surface area contributed by atoms with Crippen molar-refractivity contribution in [2.24, 2.45) is 0 Å². The zero-order chi connectivity index (χ0) is 25.8. The van der Waals surface area contributed by atoms with E-state index in [1.54, 1.807) is 6.92 Å². The standard InChI is InChI=1S/C26H27F3N4O3/c1-14(18-5-3-16(28)12-20(18)29)30-23(34)22(13-26-9-7-17(8-10-26)32(26)2)33-24(35)19-11-15(27)4-6-21(19)31-25(33)36/h3-6,11-12,14,17,22H,7-10,13H2,1-2H3,(H,30,34)(H,31,36)/t14-,17?,22+,26?/m1/s1. The fourth-order valence-corrected chi connectivity index (χ4v) is 6.00. The molecule has 2 bridgehead atoms. The molecule has 0 unspecified atom stereocenters. The van der Waals surface area contributed by atoms with E-state index in [2.05, 4.69) is 15.2 Å². The van der Waals surface area contributed by atoms with Crippen molar-refractivity contribution in [3.63, 3.8) is 0 Å². The van der Waals surface area contributed by atoms with Crippen LogP contribution in [0.25, 0.3) is 10.9 Å². The third-order valence-electron chi connectivity index (χ3n) is 8.05. The van der Waals surface area contributed by atoms with Crippen molar-refractivity contribution < 1.29 is 18.0 Å². The second-order valence-corrected chi connectivity index (χ2v) is 9.98. The van der Waals surface area contributed by atoms with Gasteiger partial charge in [-0.05, 0) is 70.3 Å². The smallest absolute Gasteiger partial charge is 0.329 e. The molecular formula is C26H27F3N4O3. The first kappa shape index (κ1) is 24.3. The lowest BCUT2D eigenvalue weighted by atomic mass is 9.82. The fourth-order valence-electron chi connectivity index (χ4n) is 6.00. The molecule has 7 nitrogen and oxygen atoms in total. The van der Waals surface area contributed by atoms with Gasteiger partial charge in [0.15, 0.2) is 0 Å². The lowest BCUT2D eigenvalue weighted by Crippen LogP contribution is -2.50. The van der Waals surface area contributed by atoms with Crippen LogP contribution in [0.4, 0.5) is 13.2 Å². The quantitative estimate of drug-likeness (QED) is 0.542. The summed E-state index contributed by atoms with van der Waals surface area (Å²) in [5.41, 5.74) is -1.70. The lowest BCUT2D eigenvalue weighted by Gasteiger charge is -2.36. The molecule has 0 radical (unpaired) electrons. The Kier molecular flexibility index (Phi) is 6.02. The molecule has 5 rings (SSSR count). The molecule has 1 amide bonds. The Bertz CT molecular complexity index is 1460. The molecular weight excluding hydrogens is 473 g/mol. The Labute approximate surface area is 204 Å². The second kappa shape index (κ2) is 8.92. The number of amides is 1. The number of halogens is 3. The largest absolute Gasteiger partial charge is 0.348 e. The van der Waals surface area contributed by atoms with Crippen molar-refractivity contribution in [1.29, 1.82) is 0 Å². The van der Waals surface area contributed by atoms with Gasteiger partial charge in [-0.2, -0.15) is 0 Å². The molecule has 2 fully saturated rings. The molecule has 0 aliphatic carbocycles. The van der Waals surface area contributed by atoms with Crippen molar-refractivity contribution in [3.8, 4) is 0 Å². The summed E-state index contributed by atoms with van der Waals surface area (Å²) in [5, 5.41) is 2.66. The average molecular weight is 501 g/mol. The van der Waals surface area contributed by atoms with E-state index in [1.807, 2.05) is 7.05 Å². The molecule has 190 valence electrons. The number of H-pyrrole nitrogens is 1. The van der Waals surface area contributed by atoms with Gasteiger partial charge in [-0.1, -0.05) is 6.07 Å². The number of carbonyl (C=O) groups is 1. The Morgan fingerprint density at radius 3 is 2.42 bits per heavy atom. The van der Waals surface area contributed by atoms with Crippen molar-refractivity contribution in [1.82, 2.24) is 19.8 Å². The topological polar surface area (TPSA) is 87.2 Å². The number of hydrogen-bond acceptors (Lipinski definition) is 4. The molecule has 2 N–H and O–H groups in total. The summed E-state index contributed by atoms with van der Waals surface area (Å²) in [4.78, 5) is 45.0. The number of rotatable bonds is 6. The molecule has 2 saturated heterocycles. The second-order valence-electron chi connectivity index (χ2n) is 9.98. The van der Waals surface area contributed by atoms with Crippen LogP contribution in [0.2, 0.25) is 0 Å². The van der Waals surface area contributed by atoms with E-state index in [-0.39, 0.29) is 28.4 Å². The molecule has 3 aromatic rings. The zero-order valence-electron chi connectivity index (χ0n) is 20.0. The first-order valence-electron chi connectivity index (χ1n) is 12.0. The number of hydrogen-bond donors (Lipinski definition) is 2. The Morgan fingerprint density at radius 1 is 1.11 bits per heavy atom. The summed E-state index contributed by atoms with van der Waals surface area (Å²) in [6.45, 7) is 1.54. The van der Waals surface area contributed by atoms with Gasteiger partial charge < -0.3 is 10.3 Å². The van der Waals surface area contributed by atoms with Gasteiger partial charge in [0.2, 0.25) is 5.91 Å². The molecule has 1 aromatic heterocycles. The maximum atomic E-state index is 14.4. The van der Waals surface area contributed by atoms with Gasteiger partial charge in [0.05, 0.1) is 16.9 Å². The van der Waals surface area contributed by atoms with E-state index in [1.165, 1.54) is 12.1 Å². The minimum absolute atomic E-state index is 0.0494. The third-order valence-corrected chi connectivity index (χ3v) is 8.05. The van der Waals surface area contributed by atoms with Crippen LogP contribution in [0.5, 0.6) is 0 Å². The number of benzene rings is 2. The molecule has 2 aliphatic heterocycles. The van der Waals surface area contributed by atoms with E-state index < -0.39 is 46.7 Å². The zero-order valence-corrected chi connectivity index (χ0v) is 20.0.